The topological polar surface area (TPSA) is 33.7 Å². The second-order valence-corrected chi connectivity index (χ2v) is 6.14. The zero-order chi connectivity index (χ0) is 14.8. The van der Waals surface area contributed by atoms with Crippen molar-refractivity contribution in [1.82, 2.24) is 10.2 Å². The first kappa shape index (κ1) is 17.9. The van der Waals surface area contributed by atoms with Crippen molar-refractivity contribution in [3.05, 3.63) is 0 Å². The highest BCUT2D eigenvalue weighted by Gasteiger charge is 2.33. The molecule has 1 heterocycles. The molecule has 0 aliphatic carbocycles. The zero-order valence-electron chi connectivity index (χ0n) is 13.9. The molecule has 1 rings (SSSR count). The highest BCUT2D eigenvalue weighted by Crippen LogP contribution is 2.20. The average Bonchev–Trinajstić information content (AvgIpc) is 2.46. The first-order valence-electron chi connectivity index (χ1n) is 8.21. The normalized spacial score (nSPS) is 27.9. The van der Waals surface area contributed by atoms with Gasteiger partial charge < -0.3 is 14.8 Å². The molecule has 2 atom stereocenters. The van der Waals surface area contributed by atoms with Gasteiger partial charge in [-0.1, -0.05) is 13.8 Å². The Bertz CT molecular complexity index is 251. The maximum Gasteiger partial charge on any atom is 0.0700 e. The molecule has 4 heteroatoms. The Morgan fingerprint density at radius 1 is 1.20 bits per heavy atom. The van der Waals surface area contributed by atoms with E-state index in [2.05, 4.69) is 31.0 Å². The van der Waals surface area contributed by atoms with E-state index in [-0.39, 0.29) is 0 Å². The van der Waals surface area contributed by atoms with Crippen molar-refractivity contribution < 1.29 is 9.47 Å². The van der Waals surface area contributed by atoms with Crippen molar-refractivity contribution >= 4 is 0 Å². The molecule has 0 bridgehead atoms. The number of nitrogens with zero attached hydrogens (tertiary/aromatic N) is 1. The number of rotatable bonds is 10. The number of nitrogens with one attached hydrogen (secondary N) is 1. The van der Waals surface area contributed by atoms with E-state index >= 15 is 0 Å². The lowest BCUT2D eigenvalue weighted by Crippen LogP contribution is -2.62. The number of hydrogen-bond donors (Lipinski definition) is 1. The lowest BCUT2D eigenvalue weighted by atomic mass is 9.92. The van der Waals surface area contributed by atoms with Crippen LogP contribution in [0.3, 0.4) is 0 Å². The van der Waals surface area contributed by atoms with E-state index in [1.54, 1.807) is 7.11 Å². The van der Waals surface area contributed by atoms with Crippen molar-refractivity contribution in [2.75, 3.05) is 46.6 Å². The van der Waals surface area contributed by atoms with E-state index in [1.807, 2.05) is 0 Å². The van der Waals surface area contributed by atoms with E-state index in [1.165, 1.54) is 32.4 Å². The molecule has 1 N–H and O–H groups in total. The first-order chi connectivity index (χ1) is 9.65. The smallest absolute Gasteiger partial charge is 0.0700 e. The molecule has 0 aromatic rings. The summed E-state index contributed by atoms with van der Waals surface area (Å²) in [5.74, 6) is 0. The predicted molar refractivity (Wildman–Crippen MR) is 84.3 cm³/mol. The molecular weight excluding hydrogens is 252 g/mol. The maximum atomic E-state index is 5.52. The Morgan fingerprint density at radius 2 is 2.00 bits per heavy atom. The van der Waals surface area contributed by atoms with Gasteiger partial charge in [0.2, 0.25) is 0 Å². The summed E-state index contributed by atoms with van der Waals surface area (Å²) in [5, 5.41) is 3.72. The summed E-state index contributed by atoms with van der Waals surface area (Å²) >= 11 is 0. The number of hydrogen-bond acceptors (Lipinski definition) is 4. The standard InChI is InChI=1S/C16H34N2O2/c1-5-15-13-17-16(3,6-2)14-18(15)9-7-8-10-20-12-11-19-4/h15,17H,5-14H2,1-4H3. The van der Waals surface area contributed by atoms with Crippen LogP contribution in [0, 0.1) is 0 Å². The van der Waals surface area contributed by atoms with Gasteiger partial charge in [0.15, 0.2) is 0 Å². The molecule has 0 aromatic carbocycles. The molecule has 4 nitrogen and oxygen atoms in total. The van der Waals surface area contributed by atoms with Crippen molar-refractivity contribution in [2.24, 2.45) is 0 Å². The van der Waals surface area contributed by atoms with Gasteiger partial charge in [0.25, 0.3) is 0 Å². The van der Waals surface area contributed by atoms with Crippen LogP contribution in [0.1, 0.15) is 46.5 Å². The summed E-state index contributed by atoms with van der Waals surface area (Å²) in [6.07, 6.45) is 4.80. The largest absolute Gasteiger partial charge is 0.382 e. The number of piperazine rings is 1. The summed E-state index contributed by atoms with van der Waals surface area (Å²) < 4.78 is 10.5. The molecule has 0 saturated carbocycles. The van der Waals surface area contributed by atoms with Gasteiger partial charge in [0, 0.05) is 38.4 Å². The lowest BCUT2D eigenvalue weighted by molar-refractivity contribution is 0.0594. The number of unbranched alkanes of at least 4 members (excludes halogenated alkanes) is 1. The van der Waals surface area contributed by atoms with E-state index in [0.29, 0.717) is 18.2 Å². The fraction of sp³-hybridized carbons (Fsp3) is 1.00. The summed E-state index contributed by atoms with van der Waals surface area (Å²) in [4.78, 5) is 2.68. The maximum absolute atomic E-state index is 5.52. The van der Waals surface area contributed by atoms with Crippen molar-refractivity contribution in [2.45, 2.75) is 58.0 Å². The number of methoxy groups -OCH3 is 1. The van der Waals surface area contributed by atoms with Crippen LogP contribution in [-0.2, 0) is 9.47 Å². The minimum absolute atomic E-state index is 0.292. The van der Waals surface area contributed by atoms with E-state index in [9.17, 15) is 0 Å². The minimum atomic E-state index is 0.292. The Morgan fingerprint density at radius 3 is 2.65 bits per heavy atom. The van der Waals surface area contributed by atoms with Gasteiger partial charge in [-0.3, -0.25) is 4.90 Å². The van der Waals surface area contributed by atoms with E-state index in [0.717, 1.165) is 26.2 Å². The SMILES string of the molecule is CCC1CNC(C)(CC)CN1CCCCOCCOC. The van der Waals surface area contributed by atoms with Crippen LogP contribution in [0.15, 0.2) is 0 Å². The van der Waals surface area contributed by atoms with Crippen LogP contribution in [0.2, 0.25) is 0 Å². The van der Waals surface area contributed by atoms with Gasteiger partial charge in [-0.05, 0) is 39.2 Å². The van der Waals surface area contributed by atoms with Crippen molar-refractivity contribution in [1.29, 1.82) is 0 Å². The molecular formula is C16H34N2O2. The highest BCUT2D eigenvalue weighted by molar-refractivity contribution is 4.93. The molecule has 1 saturated heterocycles. The Balaban J connectivity index is 2.21. The second-order valence-electron chi connectivity index (χ2n) is 6.14. The third-order valence-corrected chi connectivity index (χ3v) is 4.50. The predicted octanol–water partition coefficient (Wildman–Crippen LogP) is 2.28. The second kappa shape index (κ2) is 9.72. The molecule has 0 radical (unpaired) electrons. The summed E-state index contributed by atoms with van der Waals surface area (Å²) in [6, 6.07) is 0.698. The fourth-order valence-corrected chi connectivity index (χ4v) is 2.79. The van der Waals surface area contributed by atoms with Gasteiger partial charge in [-0.15, -0.1) is 0 Å². The summed E-state index contributed by atoms with van der Waals surface area (Å²) in [7, 11) is 1.71. The third-order valence-electron chi connectivity index (χ3n) is 4.50. The zero-order valence-corrected chi connectivity index (χ0v) is 13.9. The van der Waals surface area contributed by atoms with E-state index < -0.39 is 0 Å². The van der Waals surface area contributed by atoms with Crippen LogP contribution in [0.4, 0.5) is 0 Å². The van der Waals surface area contributed by atoms with Gasteiger partial charge >= 0.3 is 0 Å². The molecule has 1 aliphatic rings. The number of ether oxygens (including phenoxy) is 2. The molecule has 0 aromatic heterocycles. The van der Waals surface area contributed by atoms with E-state index in [4.69, 9.17) is 9.47 Å². The first-order valence-corrected chi connectivity index (χ1v) is 8.21. The molecule has 1 aliphatic heterocycles. The van der Waals surface area contributed by atoms with Crippen LogP contribution in [0.25, 0.3) is 0 Å². The van der Waals surface area contributed by atoms with Gasteiger partial charge in [-0.2, -0.15) is 0 Å². The van der Waals surface area contributed by atoms with Crippen molar-refractivity contribution in [3.63, 3.8) is 0 Å². The molecule has 120 valence electrons. The Hall–Kier alpha value is -0.160. The average molecular weight is 286 g/mol. The van der Waals surface area contributed by atoms with Crippen LogP contribution in [0.5, 0.6) is 0 Å². The van der Waals surface area contributed by atoms with Crippen molar-refractivity contribution in [3.8, 4) is 0 Å². The summed E-state index contributed by atoms with van der Waals surface area (Å²) in [6.45, 7) is 12.7. The molecule has 0 amide bonds. The quantitative estimate of drug-likeness (QED) is 0.625. The molecule has 20 heavy (non-hydrogen) atoms. The third kappa shape index (κ3) is 6.08. The van der Waals surface area contributed by atoms with Crippen LogP contribution < -0.4 is 5.32 Å². The molecule has 1 fully saturated rings. The Labute approximate surface area is 125 Å². The summed E-state index contributed by atoms with van der Waals surface area (Å²) in [5.41, 5.74) is 0.292. The molecule has 0 spiro atoms. The monoisotopic (exact) mass is 286 g/mol. The lowest BCUT2D eigenvalue weighted by Gasteiger charge is -2.46. The fourth-order valence-electron chi connectivity index (χ4n) is 2.79. The van der Waals surface area contributed by atoms with Crippen LogP contribution in [-0.4, -0.2) is 63.0 Å². The molecule has 2 unspecified atom stereocenters. The van der Waals surface area contributed by atoms with Gasteiger partial charge in [-0.25, -0.2) is 0 Å². The van der Waals surface area contributed by atoms with Crippen LogP contribution >= 0.6 is 0 Å². The Kier molecular flexibility index (Phi) is 8.69. The van der Waals surface area contributed by atoms with Gasteiger partial charge in [0.05, 0.1) is 13.2 Å². The van der Waals surface area contributed by atoms with Gasteiger partial charge in [0.1, 0.15) is 0 Å². The minimum Gasteiger partial charge on any atom is -0.382 e. The highest BCUT2D eigenvalue weighted by atomic mass is 16.5.